The number of carbonyl (C=O) groups is 2. The van der Waals surface area contributed by atoms with Crippen molar-refractivity contribution in [2.45, 2.75) is 25.7 Å². The zero-order chi connectivity index (χ0) is 24.3. The molecule has 3 rings (SSSR count). The number of cyclic esters (lactones) is 1. The summed E-state index contributed by atoms with van der Waals surface area (Å²) in [5, 5.41) is 20.4. The van der Waals surface area contributed by atoms with Crippen molar-refractivity contribution in [3.05, 3.63) is 46.5 Å². The zero-order valence-corrected chi connectivity index (χ0v) is 20.1. The molecule has 1 fully saturated rings. The lowest BCUT2D eigenvalue weighted by atomic mass is 9.99. The molecule has 2 aliphatic heterocycles. The molecule has 11 heteroatoms. The van der Waals surface area contributed by atoms with Crippen molar-refractivity contribution < 1.29 is 33.5 Å². The Morgan fingerprint density at radius 3 is 2.65 bits per heavy atom. The van der Waals surface area contributed by atoms with Crippen LogP contribution in [0.25, 0.3) is 0 Å². The Morgan fingerprint density at radius 2 is 1.85 bits per heavy atom. The lowest BCUT2D eigenvalue weighted by molar-refractivity contribution is -0.137. The number of ether oxygens (including phenoxy) is 2. The van der Waals surface area contributed by atoms with Gasteiger partial charge in [0.15, 0.2) is 0 Å². The summed E-state index contributed by atoms with van der Waals surface area (Å²) in [6.45, 7) is 2.05. The quantitative estimate of drug-likeness (QED) is 0.207. The van der Waals surface area contributed by atoms with Gasteiger partial charge in [-0.05, 0) is 30.9 Å². The fraction of sp³-hybridized carbons (Fsp3) is 0.435. The van der Waals surface area contributed by atoms with Crippen LogP contribution in [0, 0.1) is 0 Å². The van der Waals surface area contributed by atoms with E-state index in [0.717, 1.165) is 31.1 Å². The number of aromatic hydroxyl groups is 2. The molecule has 9 nitrogen and oxygen atoms in total. The predicted molar refractivity (Wildman–Crippen MR) is 129 cm³/mol. The minimum absolute atomic E-state index is 0.0192. The average Bonchev–Trinajstić information content (AvgIpc) is 2.83. The number of carbonyl (C=O) groups excluding carboxylic acids is 2. The van der Waals surface area contributed by atoms with Crippen molar-refractivity contribution in [3.63, 3.8) is 0 Å². The molecule has 0 atom stereocenters. The van der Waals surface area contributed by atoms with E-state index >= 15 is 0 Å². The lowest BCUT2D eigenvalue weighted by Gasteiger charge is -2.26. The molecule has 2 aliphatic rings. The fourth-order valence-corrected chi connectivity index (χ4v) is 4.02. The lowest BCUT2D eigenvalue weighted by Crippen LogP contribution is -2.42. The number of esters is 1. The van der Waals surface area contributed by atoms with Gasteiger partial charge in [0.2, 0.25) is 5.91 Å². The molecule has 1 amide bonds. The third kappa shape index (κ3) is 7.49. The first-order chi connectivity index (χ1) is 16.5. The molecular formula is C23H27ClN2O7S. The van der Waals surface area contributed by atoms with Crippen molar-refractivity contribution in [2.75, 3.05) is 39.5 Å². The van der Waals surface area contributed by atoms with Gasteiger partial charge in [-0.2, -0.15) is 4.40 Å². The molecule has 0 radical (unpaired) electrons. The number of hydrogen-bond donors (Lipinski definition) is 2. The fourth-order valence-electron chi connectivity index (χ4n) is 3.37. The number of phenolic OH excluding ortho intramolecular Hbond substituents is 2. The third-order valence-corrected chi connectivity index (χ3v) is 6.09. The van der Waals surface area contributed by atoms with Gasteiger partial charge in [0, 0.05) is 25.6 Å². The van der Waals surface area contributed by atoms with E-state index in [9.17, 15) is 19.8 Å². The molecule has 0 bridgehead atoms. The summed E-state index contributed by atoms with van der Waals surface area (Å²) in [7, 11) is 0. The normalized spacial score (nSPS) is 20.8. The van der Waals surface area contributed by atoms with Crippen LogP contribution in [0.5, 0.6) is 11.5 Å². The number of fused-ring (bicyclic) bond motifs is 1. The van der Waals surface area contributed by atoms with E-state index in [0.29, 0.717) is 38.4 Å². The van der Waals surface area contributed by atoms with Gasteiger partial charge in [-0.25, -0.2) is 4.79 Å². The van der Waals surface area contributed by atoms with E-state index in [-0.39, 0.29) is 47.4 Å². The van der Waals surface area contributed by atoms with Gasteiger partial charge >= 0.3 is 5.97 Å². The highest BCUT2D eigenvalue weighted by atomic mass is 35.5. The van der Waals surface area contributed by atoms with E-state index in [1.807, 2.05) is 18.2 Å². The Hall–Kier alpha value is -2.53. The van der Waals surface area contributed by atoms with E-state index in [4.69, 9.17) is 25.3 Å². The maximum Gasteiger partial charge on any atom is 0.342 e. The van der Waals surface area contributed by atoms with E-state index in [2.05, 4.69) is 4.40 Å². The van der Waals surface area contributed by atoms with Crippen molar-refractivity contribution in [1.82, 2.24) is 4.90 Å². The molecule has 0 unspecified atom stereocenters. The molecule has 2 heterocycles. The van der Waals surface area contributed by atoms with Gasteiger partial charge < -0.3 is 24.6 Å². The molecule has 2 N–H and O–H groups in total. The number of morpholine rings is 1. The van der Waals surface area contributed by atoms with E-state index < -0.39 is 11.7 Å². The van der Waals surface area contributed by atoms with Crippen LogP contribution in [0.2, 0.25) is 5.02 Å². The van der Waals surface area contributed by atoms with Crippen LogP contribution in [0.4, 0.5) is 0 Å². The van der Waals surface area contributed by atoms with Crippen LogP contribution in [0.3, 0.4) is 0 Å². The number of phenols is 2. The summed E-state index contributed by atoms with van der Waals surface area (Å²) in [6.07, 6.45) is 9.70. The largest absolute Gasteiger partial charge is 0.507 e. The average molecular weight is 511 g/mol. The number of allylic oxidation sites excluding steroid dienone is 3. The first-order valence-electron chi connectivity index (χ1n) is 10.9. The third-order valence-electron chi connectivity index (χ3n) is 5.13. The number of amides is 1. The SMILES string of the molecule is O=C1OCC/C=C/CC/C=C/C(=NSOCC(=O)N2CCOCC2)Cc2c(Cl)c(O)cc(O)c21. The van der Waals surface area contributed by atoms with Crippen LogP contribution in [-0.2, 0) is 24.9 Å². The Balaban J connectivity index is 1.79. The Bertz CT molecular complexity index is 975. The van der Waals surface area contributed by atoms with Crippen molar-refractivity contribution in [1.29, 1.82) is 0 Å². The Kier molecular flexibility index (Phi) is 10.3. The Morgan fingerprint density at radius 1 is 1.12 bits per heavy atom. The summed E-state index contributed by atoms with van der Waals surface area (Å²) < 4.78 is 20.2. The Labute approximate surface area is 207 Å². The topological polar surface area (TPSA) is 118 Å². The van der Waals surface area contributed by atoms with E-state index in [1.54, 1.807) is 11.0 Å². The zero-order valence-electron chi connectivity index (χ0n) is 18.6. The number of halogens is 1. The van der Waals surface area contributed by atoms with Crippen LogP contribution >= 0.6 is 23.8 Å². The molecule has 1 saturated heterocycles. The van der Waals surface area contributed by atoms with Crippen LogP contribution in [0.15, 0.2) is 34.8 Å². The minimum atomic E-state index is -0.747. The van der Waals surface area contributed by atoms with Gasteiger partial charge in [-0.1, -0.05) is 29.8 Å². The molecule has 1 aromatic carbocycles. The molecule has 1 aromatic rings. The van der Waals surface area contributed by atoms with Crippen LogP contribution in [-0.4, -0.2) is 72.2 Å². The monoisotopic (exact) mass is 510 g/mol. The smallest absolute Gasteiger partial charge is 0.342 e. The highest BCUT2D eigenvalue weighted by molar-refractivity contribution is 7.93. The summed E-state index contributed by atoms with van der Waals surface area (Å²) in [5.41, 5.74) is 0.523. The molecule has 0 spiro atoms. The maximum absolute atomic E-state index is 12.7. The molecule has 0 aromatic heterocycles. The van der Waals surface area contributed by atoms with Gasteiger partial charge in [-0.3, -0.25) is 8.98 Å². The van der Waals surface area contributed by atoms with E-state index in [1.165, 1.54) is 0 Å². The molecule has 34 heavy (non-hydrogen) atoms. The summed E-state index contributed by atoms with van der Waals surface area (Å²) >= 11 is 7.04. The van der Waals surface area contributed by atoms with Crippen LogP contribution < -0.4 is 0 Å². The van der Waals surface area contributed by atoms with Gasteiger partial charge in [0.25, 0.3) is 0 Å². The van der Waals surface area contributed by atoms with Gasteiger partial charge in [-0.15, -0.1) is 0 Å². The number of benzene rings is 1. The number of hydrogen-bond acceptors (Lipinski definition) is 9. The second-order valence-electron chi connectivity index (χ2n) is 7.55. The maximum atomic E-state index is 12.7. The van der Waals surface area contributed by atoms with Crippen LogP contribution in [0.1, 0.15) is 35.2 Å². The summed E-state index contributed by atoms with van der Waals surface area (Å²) in [4.78, 5) is 26.6. The molecule has 184 valence electrons. The molecule has 0 saturated carbocycles. The van der Waals surface area contributed by atoms with Crippen molar-refractivity contribution >= 4 is 41.4 Å². The predicted octanol–water partition coefficient (Wildman–Crippen LogP) is 3.63. The highest BCUT2D eigenvalue weighted by Crippen LogP contribution is 2.37. The number of rotatable bonds is 4. The highest BCUT2D eigenvalue weighted by Gasteiger charge is 2.24. The minimum Gasteiger partial charge on any atom is -0.507 e. The second kappa shape index (κ2) is 13.4. The summed E-state index contributed by atoms with van der Waals surface area (Å²) in [5.74, 6) is -1.70. The summed E-state index contributed by atoms with van der Waals surface area (Å²) in [6, 6.07) is 1.01. The van der Waals surface area contributed by atoms with Crippen molar-refractivity contribution in [2.24, 2.45) is 4.40 Å². The first kappa shape index (κ1) is 26.1. The standard InChI is InChI=1S/C23H27ClN2O7S/c24-22-17-13-16(25-34-33-15-20(29)26-8-11-31-12-9-26)7-5-3-1-2-4-6-10-32-23(30)21(17)18(27)14-19(22)28/h2,4-5,7,14,27-28H,1,3,6,8-13,15H2/b4-2+,7-5+,25-16?. The number of nitrogens with zero attached hydrogens (tertiary/aromatic N) is 2. The first-order valence-corrected chi connectivity index (χ1v) is 12.0. The van der Waals surface area contributed by atoms with Gasteiger partial charge in [0.1, 0.15) is 35.9 Å². The van der Waals surface area contributed by atoms with Crippen molar-refractivity contribution in [3.8, 4) is 11.5 Å². The van der Waals surface area contributed by atoms with Gasteiger partial charge in [0.05, 0.1) is 30.6 Å². The second-order valence-corrected chi connectivity index (χ2v) is 8.49. The molecular weight excluding hydrogens is 484 g/mol. The molecule has 0 aliphatic carbocycles.